The number of aromatic nitrogens is 2. The van der Waals surface area contributed by atoms with Gasteiger partial charge in [-0.1, -0.05) is 12.1 Å². The highest BCUT2D eigenvalue weighted by atomic mass is 16.5. The molecule has 7 nitrogen and oxygen atoms in total. The number of nitrogens with one attached hydrogen (secondary N) is 1. The van der Waals surface area contributed by atoms with Crippen LogP contribution in [-0.4, -0.2) is 61.0 Å². The minimum Gasteiger partial charge on any atom is -0.380 e. The molecule has 3 unspecified atom stereocenters. The van der Waals surface area contributed by atoms with Gasteiger partial charge in [0.1, 0.15) is 6.10 Å². The highest BCUT2D eigenvalue weighted by molar-refractivity contribution is 5.00. The molecule has 2 fully saturated rings. The molecule has 3 heterocycles. The van der Waals surface area contributed by atoms with Crippen LogP contribution in [-0.2, 0) is 9.47 Å². The minimum absolute atomic E-state index is 0.0811. The molecule has 3 atom stereocenters. The standard InChI is InChI=1S/C14H24N4O3/c1-3-4-18-5-6-20-12(9-18)13-16-14(21-17-13)11-7-10(19-2)8-15-11/h10-12,15H,3-9H2,1-2H3. The summed E-state index contributed by atoms with van der Waals surface area (Å²) < 4.78 is 16.5. The van der Waals surface area contributed by atoms with Crippen LogP contribution in [0.1, 0.15) is 43.6 Å². The quantitative estimate of drug-likeness (QED) is 0.865. The lowest BCUT2D eigenvalue weighted by Crippen LogP contribution is -2.39. The van der Waals surface area contributed by atoms with E-state index >= 15 is 0 Å². The second-order valence-electron chi connectivity index (χ2n) is 5.71. The van der Waals surface area contributed by atoms with E-state index in [1.165, 1.54) is 0 Å². The molecule has 1 aromatic rings. The van der Waals surface area contributed by atoms with E-state index in [-0.39, 0.29) is 18.2 Å². The Kier molecular flexibility index (Phi) is 4.84. The third-order valence-corrected chi connectivity index (χ3v) is 4.16. The van der Waals surface area contributed by atoms with Crippen molar-refractivity contribution in [2.75, 3.05) is 39.9 Å². The molecule has 0 radical (unpaired) electrons. The predicted molar refractivity (Wildman–Crippen MR) is 75.9 cm³/mol. The highest BCUT2D eigenvalue weighted by Crippen LogP contribution is 2.26. The van der Waals surface area contributed by atoms with Crippen LogP contribution in [0.15, 0.2) is 4.52 Å². The SMILES string of the molecule is CCCN1CCOC(c2noc(C3CC(OC)CN3)n2)C1. The lowest BCUT2D eigenvalue weighted by Gasteiger charge is -2.30. The van der Waals surface area contributed by atoms with Crippen LogP contribution in [0.5, 0.6) is 0 Å². The molecular weight excluding hydrogens is 272 g/mol. The Hall–Kier alpha value is -1.02. The normalized spacial score (nSPS) is 30.9. The van der Waals surface area contributed by atoms with E-state index in [2.05, 4.69) is 27.3 Å². The number of nitrogens with zero attached hydrogens (tertiary/aromatic N) is 3. The van der Waals surface area contributed by atoms with Gasteiger partial charge in [-0.05, 0) is 19.4 Å². The molecule has 3 rings (SSSR count). The van der Waals surface area contributed by atoms with Gasteiger partial charge in [0.25, 0.3) is 0 Å². The second-order valence-corrected chi connectivity index (χ2v) is 5.71. The first kappa shape index (κ1) is 14.9. The van der Waals surface area contributed by atoms with Crippen molar-refractivity contribution in [1.29, 1.82) is 0 Å². The van der Waals surface area contributed by atoms with Gasteiger partial charge < -0.3 is 19.3 Å². The Labute approximate surface area is 125 Å². The number of ether oxygens (including phenoxy) is 2. The van der Waals surface area contributed by atoms with Crippen molar-refractivity contribution in [2.45, 2.75) is 38.0 Å². The van der Waals surface area contributed by atoms with Crippen LogP contribution in [0.2, 0.25) is 0 Å². The lowest BCUT2D eigenvalue weighted by molar-refractivity contribution is -0.0350. The van der Waals surface area contributed by atoms with Crippen molar-refractivity contribution < 1.29 is 14.0 Å². The molecular formula is C14H24N4O3. The first-order valence-corrected chi connectivity index (χ1v) is 7.73. The van der Waals surface area contributed by atoms with E-state index in [0.717, 1.165) is 45.6 Å². The predicted octanol–water partition coefficient (Wildman–Crippen LogP) is 0.902. The molecule has 0 bridgehead atoms. The van der Waals surface area contributed by atoms with Crippen molar-refractivity contribution in [3.8, 4) is 0 Å². The van der Waals surface area contributed by atoms with Crippen molar-refractivity contribution >= 4 is 0 Å². The second kappa shape index (κ2) is 6.83. The molecule has 0 saturated carbocycles. The zero-order valence-corrected chi connectivity index (χ0v) is 12.7. The van der Waals surface area contributed by atoms with Crippen LogP contribution in [0.3, 0.4) is 0 Å². The average molecular weight is 296 g/mol. The molecule has 2 saturated heterocycles. The van der Waals surface area contributed by atoms with Gasteiger partial charge in [-0.2, -0.15) is 4.98 Å². The summed E-state index contributed by atoms with van der Waals surface area (Å²) in [6, 6.07) is 0.0894. The lowest BCUT2D eigenvalue weighted by atomic mass is 10.2. The highest BCUT2D eigenvalue weighted by Gasteiger charge is 2.31. The van der Waals surface area contributed by atoms with Gasteiger partial charge in [0, 0.05) is 26.7 Å². The molecule has 2 aliphatic heterocycles. The van der Waals surface area contributed by atoms with Crippen LogP contribution in [0.4, 0.5) is 0 Å². The molecule has 0 spiro atoms. The summed E-state index contributed by atoms with van der Waals surface area (Å²) in [6.07, 6.45) is 2.15. The Bertz CT molecular complexity index is 451. The third-order valence-electron chi connectivity index (χ3n) is 4.16. The zero-order valence-electron chi connectivity index (χ0n) is 12.7. The third kappa shape index (κ3) is 3.42. The van der Waals surface area contributed by atoms with Gasteiger partial charge in [-0.3, -0.25) is 4.90 Å². The summed E-state index contributed by atoms with van der Waals surface area (Å²) in [5, 5.41) is 7.46. The van der Waals surface area contributed by atoms with Crippen LogP contribution in [0, 0.1) is 0 Å². The summed E-state index contributed by atoms with van der Waals surface area (Å²) in [5.41, 5.74) is 0. The molecule has 0 aromatic carbocycles. The first-order valence-electron chi connectivity index (χ1n) is 7.73. The van der Waals surface area contributed by atoms with Crippen molar-refractivity contribution in [3.05, 3.63) is 11.7 Å². The first-order chi connectivity index (χ1) is 10.3. The van der Waals surface area contributed by atoms with Gasteiger partial charge in [0.15, 0.2) is 0 Å². The van der Waals surface area contributed by atoms with E-state index in [1.807, 2.05) is 0 Å². The number of morpholine rings is 1. The number of methoxy groups -OCH3 is 1. The van der Waals surface area contributed by atoms with E-state index in [1.54, 1.807) is 7.11 Å². The fourth-order valence-electron chi connectivity index (χ4n) is 2.97. The summed E-state index contributed by atoms with van der Waals surface area (Å²) in [5.74, 6) is 1.30. The molecule has 1 aromatic heterocycles. The monoisotopic (exact) mass is 296 g/mol. The number of hydrogen-bond acceptors (Lipinski definition) is 7. The molecule has 2 aliphatic rings. The topological polar surface area (TPSA) is 72.7 Å². The maximum atomic E-state index is 5.79. The van der Waals surface area contributed by atoms with E-state index < -0.39 is 0 Å². The maximum Gasteiger partial charge on any atom is 0.243 e. The van der Waals surface area contributed by atoms with Crippen LogP contribution in [0.25, 0.3) is 0 Å². The summed E-state index contributed by atoms with van der Waals surface area (Å²) >= 11 is 0. The number of hydrogen-bond donors (Lipinski definition) is 1. The summed E-state index contributed by atoms with van der Waals surface area (Å²) in [4.78, 5) is 6.92. The molecule has 21 heavy (non-hydrogen) atoms. The van der Waals surface area contributed by atoms with Crippen molar-refractivity contribution in [1.82, 2.24) is 20.4 Å². The fourth-order valence-corrected chi connectivity index (χ4v) is 2.97. The fraction of sp³-hybridized carbons (Fsp3) is 0.857. The summed E-state index contributed by atoms with van der Waals surface area (Å²) in [6.45, 7) is 6.64. The minimum atomic E-state index is -0.0811. The zero-order chi connectivity index (χ0) is 14.7. The smallest absolute Gasteiger partial charge is 0.243 e. The maximum absolute atomic E-state index is 5.79. The van der Waals surface area contributed by atoms with Gasteiger partial charge in [0.05, 0.1) is 18.8 Å². The molecule has 0 amide bonds. The van der Waals surface area contributed by atoms with Crippen molar-refractivity contribution in [3.63, 3.8) is 0 Å². The Morgan fingerprint density at radius 2 is 2.38 bits per heavy atom. The van der Waals surface area contributed by atoms with Gasteiger partial charge in [0.2, 0.25) is 11.7 Å². The van der Waals surface area contributed by atoms with E-state index in [4.69, 9.17) is 14.0 Å². The Morgan fingerprint density at radius 1 is 1.48 bits per heavy atom. The molecule has 0 aliphatic carbocycles. The van der Waals surface area contributed by atoms with Gasteiger partial charge in [-0.25, -0.2) is 0 Å². The molecule has 118 valence electrons. The Balaban J connectivity index is 1.62. The Morgan fingerprint density at radius 3 is 3.14 bits per heavy atom. The molecule has 1 N–H and O–H groups in total. The summed E-state index contributed by atoms with van der Waals surface area (Å²) in [7, 11) is 1.73. The van der Waals surface area contributed by atoms with Crippen molar-refractivity contribution in [2.24, 2.45) is 0 Å². The van der Waals surface area contributed by atoms with E-state index in [0.29, 0.717) is 11.7 Å². The van der Waals surface area contributed by atoms with Crippen LogP contribution < -0.4 is 5.32 Å². The molecule has 7 heteroatoms. The van der Waals surface area contributed by atoms with E-state index in [9.17, 15) is 0 Å². The van der Waals surface area contributed by atoms with Gasteiger partial charge >= 0.3 is 0 Å². The largest absolute Gasteiger partial charge is 0.380 e. The van der Waals surface area contributed by atoms with Gasteiger partial charge in [-0.15, -0.1) is 0 Å². The number of rotatable bonds is 5. The average Bonchev–Trinajstić information content (AvgIpc) is 3.17. The van der Waals surface area contributed by atoms with Crippen LogP contribution >= 0.6 is 0 Å².